The van der Waals surface area contributed by atoms with Crippen molar-refractivity contribution < 1.29 is 41.8 Å². The van der Waals surface area contributed by atoms with Gasteiger partial charge in [-0.15, -0.1) is 0 Å². The molecule has 1 heterocycles. The molecular weight excluding hydrogens is 525 g/mol. The monoisotopic (exact) mass is 546 g/mol. The highest BCUT2D eigenvalue weighted by atomic mass is 32.2. The summed E-state index contributed by atoms with van der Waals surface area (Å²) in [5, 5.41) is 3.14. The summed E-state index contributed by atoms with van der Waals surface area (Å²) in [4.78, 5) is 39.1. The Bertz CT molecular complexity index is 1470. The molecule has 0 aromatic heterocycles. The van der Waals surface area contributed by atoms with Gasteiger partial charge in [-0.25, -0.2) is 0 Å². The molecule has 1 saturated heterocycles. The maximum atomic E-state index is 13.1. The van der Waals surface area contributed by atoms with E-state index in [1.165, 1.54) is 27.4 Å². The number of hydrogen-bond donors (Lipinski definition) is 1. The zero-order chi connectivity index (χ0) is 27.6. The number of nitrogens with one attached hydrogen (secondary N) is 1. The maximum absolute atomic E-state index is 13.1. The summed E-state index contributed by atoms with van der Waals surface area (Å²) in [5.41, 5.74) is -0.708. The molecule has 1 aliphatic heterocycles. The van der Waals surface area contributed by atoms with Gasteiger partial charge in [0.2, 0.25) is 5.91 Å². The lowest BCUT2D eigenvalue weighted by Gasteiger charge is -2.16. The van der Waals surface area contributed by atoms with Crippen LogP contribution in [0.25, 0.3) is 16.8 Å². The first kappa shape index (κ1) is 26.9. The Labute approximate surface area is 219 Å². The average Bonchev–Trinajstić information content (AvgIpc) is 3.15. The SMILES string of the molecule is COc1ccc2ccc(OC)c(/C=C3\SC(=O)N(CC(=O)Nc4cc(C(F)(F)F)ccc4OC)C3=O)c2c1. The summed E-state index contributed by atoms with van der Waals surface area (Å²) in [6.07, 6.45) is -3.14. The minimum atomic E-state index is -4.64. The number of benzene rings is 3. The molecular formula is C26H21F3N2O6S. The lowest BCUT2D eigenvalue weighted by Crippen LogP contribution is -2.36. The highest BCUT2D eigenvalue weighted by Gasteiger charge is 2.37. The topological polar surface area (TPSA) is 94.2 Å². The summed E-state index contributed by atoms with van der Waals surface area (Å²) < 4.78 is 55.1. The van der Waals surface area contributed by atoms with Gasteiger partial charge in [0.05, 0.1) is 37.5 Å². The normalized spacial score (nSPS) is 14.8. The highest BCUT2D eigenvalue weighted by Crippen LogP contribution is 2.38. The van der Waals surface area contributed by atoms with E-state index in [2.05, 4.69) is 5.32 Å². The van der Waals surface area contributed by atoms with Crippen LogP contribution in [0.5, 0.6) is 17.2 Å². The summed E-state index contributed by atoms with van der Waals surface area (Å²) in [5.74, 6) is -0.590. The number of thioether (sulfide) groups is 1. The average molecular weight is 547 g/mol. The Morgan fingerprint density at radius 2 is 1.66 bits per heavy atom. The molecule has 3 aromatic rings. The Morgan fingerprint density at radius 1 is 0.974 bits per heavy atom. The van der Waals surface area contributed by atoms with Crippen molar-refractivity contribution in [2.75, 3.05) is 33.2 Å². The van der Waals surface area contributed by atoms with E-state index in [0.29, 0.717) is 45.2 Å². The van der Waals surface area contributed by atoms with Gasteiger partial charge in [0.15, 0.2) is 0 Å². The van der Waals surface area contributed by atoms with E-state index in [1.807, 2.05) is 12.1 Å². The number of methoxy groups -OCH3 is 3. The van der Waals surface area contributed by atoms with Crippen LogP contribution in [-0.4, -0.2) is 49.8 Å². The van der Waals surface area contributed by atoms with Crippen LogP contribution in [-0.2, 0) is 15.8 Å². The van der Waals surface area contributed by atoms with Crippen LogP contribution in [0.3, 0.4) is 0 Å². The van der Waals surface area contributed by atoms with Crippen molar-refractivity contribution in [3.8, 4) is 17.2 Å². The predicted octanol–water partition coefficient (Wildman–Crippen LogP) is 5.56. The van der Waals surface area contributed by atoms with Crippen molar-refractivity contribution in [2.24, 2.45) is 0 Å². The number of anilines is 1. The first-order chi connectivity index (χ1) is 18.0. The van der Waals surface area contributed by atoms with Crippen LogP contribution in [0.2, 0.25) is 0 Å². The van der Waals surface area contributed by atoms with E-state index in [4.69, 9.17) is 14.2 Å². The van der Waals surface area contributed by atoms with Gasteiger partial charge in [0.25, 0.3) is 11.1 Å². The molecule has 3 amide bonds. The minimum absolute atomic E-state index is 0.0149. The molecule has 8 nitrogen and oxygen atoms in total. The van der Waals surface area contributed by atoms with Gasteiger partial charge < -0.3 is 19.5 Å². The summed E-state index contributed by atoms with van der Waals surface area (Å²) in [6, 6.07) is 11.5. The van der Waals surface area contributed by atoms with E-state index in [0.717, 1.165) is 17.5 Å². The smallest absolute Gasteiger partial charge is 0.416 e. The number of carbonyl (C=O) groups excluding carboxylic acids is 3. The lowest BCUT2D eigenvalue weighted by molar-refractivity contribution is -0.137. The fraction of sp³-hybridized carbons (Fsp3) is 0.192. The fourth-order valence-corrected chi connectivity index (χ4v) is 4.66. The molecule has 3 aromatic carbocycles. The van der Waals surface area contributed by atoms with Crippen LogP contribution in [0, 0.1) is 0 Å². The Hall–Kier alpha value is -4.19. The van der Waals surface area contributed by atoms with Crippen LogP contribution in [0.4, 0.5) is 23.7 Å². The summed E-state index contributed by atoms with van der Waals surface area (Å²) in [7, 11) is 4.22. The molecule has 0 spiro atoms. The highest BCUT2D eigenvalue weighted by molar-refractivity contribution is 8.18. The minimum Gasteiger partial charge on any atom is -0.497 e. The van der Waals surface area contributed by atoms with Gasteiger partial charge in [0, 0.05) is 5.56 Å². The Morgan fingerprint density at radius 3 is 2.32 bits per heavy atom. The number of nitrogens with zero attached hydrogens (tertiary/aromatic N) is 1. The van der Waals surface area contributed by atoms with Gasteiger partial charge in [-0.05, 0) is 65.0 Å². The predicted molar refractivity (Wildman–Crippen MR) is 136 cm³/mol. The van der Waals surface area contributed by atoms with Crippen LogP contribution < -0.4 is 19.5 Å². The molecule has 198 valence electrons. The number of ether oxygens (including phenoxy) is 3. The first-order valence-corrected chi connectivity index (χ1v) is 11.8. The van der Waals surface area contributed by atoms with E-state index in [1.54, 1.807) is 18.2 Å². The number of halogens is 3. The van der Waals surface area contributed by atoms with Gasteiger partial charge in [-0.1, -0.05) is 12.1 Å². The molecule has 0 unspecified atom stereocenters. The van der Waals surface area contributed by atoms with E-state index < -0.39 is 35.3 Å². The van der Waals surface area contributed by atoms with Gasteiger partial charge in [-0.3, -0.25) is 19.3 Å². The third-order valence-corrected chi connectivity index (χ3v) is 6.61. The molecule has 0 aliphatic carbocycles. The number of fused-ring (bicyclic) bond motifs is 1. The zero-order valence-corrected chi connectivity index (χ0v) is 21.2. The van der Waals surface area contributed by atoms with Crippen molar-refractivity contribution in [1.29, 1.82) is 0 Å². The molecule has 0 bridgehead atoms. The Balaban J connectivity index is 1.60. The molecule has 1 aliphatic rings. The number of imide groups is 1. The number of alkyl halides is 3. The second kappa shape index (κ2) is 10.7. The van der Waals surface area contributed by atoms with Crippen LogP contribution in [0.15, 0.2) is 53.4 Å². The molecule has 38 heavy (non-hydrogen) atoms. The number of carbonyl (C=O) groups is 3. The van der Waals surface area contributed by atoms with E-state index >= 15 is 0 Å². The Kier molecular flexibility index (Phi) is 7.53. The third kappa shape index (κ3) is 5.40. The third-order valence-electron chi connectivity index (χ3n) is 5.70. The summed E-state index contributed by atoms with van der Waals surface area (Å²) in [6.45, 7) is -0.706. The van der Waals surface area contributed by atoms with Crippen LogP contribution >= 0.6 is 11.8 Å². The second-order valence-corrected chi connectivity index (χ2v) is 8.99. The molecule has 0 saturated carbocycles. The lowest BCUT2D eigenvalue weighted by atomic mass is 10.0. The standard InChI is InChI=1S/C26H21F3N2O6S/c1-35-16-7-4-14-5-8-20(36-2)18(17(14)11-16)12-22-24(33)31(25(34)38-22)13-23(32)30-19-10-15(26(27,28)29)6-9-21(19)37-3/h4-12H,13H2,1-3H3,(H,30,32)/b22-12-. The van der Waals surface area contributed by atoms with Crippen molar-refractivity contribution in [2.45, 2.75) is 6.18 Å². The van der Waals surface area contributed by atoms with Crippen molar-refractivity contribution in [3.63, 3.8) is 0 Å². The molecule has 1 N–H and O–H groups in total. The molecule has 12 heteroatoms. The molecule has 0 atom stereocenters. The number of rotatable bonds is 7. The van der Waals surface area contributed by atoms with Gasteiger partial charge >= 0.3 is 6.18 Å². The van der Waals surface area contributed by atoms with Crippen LogP contribution in [0.1, 0.15) is 11.1 Å². The summed E-state index contributed by atoms with van der Waals surface area (Å²) >= 11 is 0.634. The van der Waals surface area contributed by atoms with E-state index in [-0.39, 0.29) is 16.3 Å². The fourth-order valence-electron chi connectivity index (χ4n) is 3.84. The van der Waals surface area contributed by atoms with Crippen molar-refractivity contribution >= 4 is 51.4 Å². The maximum Gasteiger partial charge on any atom is 0.416 e. The quantitative estimate of drug-likeness (QED) is 0.388. The molecule has 0 radical (unpaired) electrons. The van der Waals surface area contributed by atoms with Crippen molar-refractivity contribution in [1.82, 2.24) is 4.90 Å². The first-order valence-electron chi connectivity index (χ1n) is 11.0. The second-order valence-electron chi connectivity index (χ2n) is 8.00. The van der Waals surface area contributed by atoms with Gasteiger partial charge in [0.1, 0.15) is 23.8 Å². The van der Waals surface area contributed by atoms with Gasteiger partial charge in [-0.2, -0.15) is 13.2 Å². The zero-order valence-electron chi connectivity index (χ0n) is 20.3. The number of amides is 3. The number of hydrogen-bond acceptors (Lipinski definition) is 7. The largest absolute Gasteiger partial charge is 0.497 e. The molecule has 4 rings (SSSR count). The van der Waals surface area contributed by atoms with E-state index in [9.17, 15) is 27.6 Å². The molecule has 1 fully saturated rings. The van der Waals surface area contributed by atoms with Crippen molar-refractivity contribution in [3.05, 3.63) is 64.6 Å².